The predicted molar refractivity (Wildman–Crippen MR) is 150 cm³/mol. The van der Waals surface area contributed by atoms with Gasteiger partial charge in [-0.2, -0.15) is 0 Å². The van der Waals surface area contributed by atoms with E-state index in [0.717, 1.165) is 19.3 Å². The molecular formula is C29H40N6O5S. The van der Waals surface area contributed by atoms with Crippen LogP contribution in [0.2, 0.25) is 0 Å². The molecule has 4 heterocycles. The molecule has 4 atom stereocenters. The Kier molecular flexibility index (Phi) is 7.65. The Bertz CT molecular complexity index is 1240. The van der Waals surface area contributed by atoms with Crippen LogP contribution in [0.1, 0.15) is 80.9 Å². The van der Waals surface area contributed by atoms with E-state index in [9.17, 15) is 14.4 Å². The highest BCUT2D eigenvalue weighted by Crippen LogP contribution is 2.54. The molecule has 2 saturated carbocycles. The van der Waals surface area contributed by atoms with Gasteiger partial charge in [0.2, 0.25) is 24.1 Å². The number of hydrogen-bond acceptors (Lipinski definition) is 9. The molecule has 41 heavy (non-hydrogen) atoms. The smallest absolute Gasteiger partial charge is 0.265 e. The second-order valence-corrected chi connectivity index (χ2v) is 14.1. The Morgan fingerprint density at radius 2 is 1.88 bits per heavy atom. The zero-order valence-corrected chi connectivity index (χ0v) is 24.9. The molecule has 11 nitrogen and oxygen atoms in total. The Hall–Kier alpha value is -2.86. The average Bonchev–Trinajstić information content (AvgIpc) is 3.51. The summed E-state index contributed by atoms with van der Waals surface area (Å²) in [4.78, 5) is 48.7. The molecule has 1 N–H and O–H groups in total. The van der Waals surface area contributed by atoms with E-state index in [-0.39, 0.29) is 41.7 Å². The third-order valence-corrected chi connectivity index (χ3v) is 10.5. The van der Waals surface area contributed by atoms with Gasteiger partial charge in [-0.15, -0.1) is 21.5 Å². The first-order valence-corrected chi connectivity index (χ1v) is 15.7. The monoisotopic (exact) mass is 584 g/mol. The van der Waals surface area contributed by atoms with Crippen molar-refractivity contribution in [2.45, 2.75) is 71.4 Å². The number of carbonyl (C=O) groups excluding carboxylic acids is 3. The summed E-state index contributed by atoms with van der Waals surface area (Å²) in [7, 11) is 0. The lowest BCUT2D eigenvalue weighted by Crippen LogP contribution is -2.64. The van der Waals surface area contributed by atoms with Crippen LogP contribution in [0.4, 0.5) is 0 Å². The van der Waals surface area contributed by atoms with Gasteiger partial charge in [-0.1, -0.05) is 33.1 Å². The number of carbonyl (C=O) groups is 3. The molecule has 4 aliphatic rings. The topological polar surface area (TPSA) is 131 Å². The fraction of sp³-hybridized carbons (Fsp3) is 0.724. The van der Waals surface area contributed by atoms with Gasteiger partial charge in [0.15, 0.2) is 0 Å². The molecule has 0 radical (unpaired) electrons. The molecule has 4 fully saturated rings. The van der Waals surface area contributed by atoms with E-state index in [4.69, 9.17) is 9.15 Å². The summed E-state index contributed by atoms with van der Waals surface area (Å²) in [5.74, 6) is 0.178. The fourth-order valence-corrected chi connectivity index (χ4v) is 7.54. The first-order chi connectivity index (χ1) is 19.7. The van der Waals surface area contributed by atoms with E-state index in [2.05, 4.69) is 34.3 Å². The third-order valence-electron chi connectivity index (χ3n) is 9.76. The van der Waals surface area contributed by atoms with Crippen LogP contribution in [0.3, 0.4) is 0 Å². The lowest BCUT2D eigenvalue weighted by molar-refractivity contribution is -0.152. The zero-order valence-electron chi connectivity index (χ0n) is 24.1. The molecular weight excluding hydrogens is 544 g/mol. The predicted octanol–water partition coefficient (Wildman–Crippen LogP) is 3.32. The minimum absolute atomic E-state index is 0.0333. The quantitative estimate of drug-likeness (QED) is 0.475. The minimum atomic E-state index is -0.623. The third kappa shape index (κ3) is 5.64. The number of nitrogens with one attached hydrogen (secondary N) is 1. The van der Waals surface area contributed by atoms with Crippen LogP contribution in [0, 0.1) is 28.6 Å². The van der Waals surface area contributed by atoms with Gasteiger partial charge in [0.05, 0.1) is 23.7 Å². The van der Waals surface area contributed by atoms with E-state index >= 15 is 0 Å². The van der Waals surface area contributed by atoms with E-state index < -0.39 is 17.4 Å². The second kappa shape index (κ2) is 11.1. The molecule has 0 bridgehead atoms. The van der Waals surface area contributed by atoms with Crippen LogP contribution in [-0.2, 0) is 14.3 Å². The Labute approximate surface area is 244 Å². The van der Waals surface area contributed by atoms with Gasteiger partial charge < -0.3 is 24.3 Å². The van der Waals surface area contributed by atoms with Gasteiger partial charge in [-0.25, -0.2) is 0 Å². The van der Waals surface area contributed by atoms with E-state index in [1.165, 1.54) is 37.0 Å². The first kappa shape index (κ1) is 28.3. The minimum Gasteiger partial charge on any atom is -0.426 e. The number of thiazole rings is 1. The molecule has 2 aromatic heterocycles. The molecule has 2 saturated heterocycles. The van der Waals surface area contributed by atoms with Crippen LogP contribution in [0.15, 0.2) is 22.5 Å². The van der Waals surface area contributed by atoms with Gasteiger partial charge in [-0.3, -0.25) is 19.4 Å². The maximum absolute atomic E-state index is 14.0. The molecule has 222 valence electrons. The van der Waals surface area contributed by atoms with Crippen molar-refractivity contribution < 1.29 is 23.5 Å². The van der Waals surface area contributed by atoms with Crippen LogP contribution in [0.5, 0.6) is 0 Å². The lowest BCUT2D eigenvalue weighted by atomic mass is 9.70. The number of aromatic nitrogens is 3. The largest absolute Gasteiger partial charge is 0.426 e. The van der Waals surface area contributed by atoms with Crippen molar-refractivity contribution in [1.82, 2.24) is 30.3 Å². The highest BCUT2D eigenvalue weighted by Gasteiger charge is 2.62. The van der Waals surface area contributed by atoms with Gasteiger partial charge in [-0.05, 0) is 37.5 Å². The van der Waals surface area contributed by atoms with Crippen molar-refractivity contribution >= 4 is 29.1 Å². The van der Waals surface area contributed by atoms with Gasteiger partial charge >= 0.3 is 0 Å². The molecule has 12 heteroatoms. The SMILES string of the molecule is C[C@@H](OCC1CCCCC1)[C@@H](NC(=O)[C@@H]1CN(C(=O)c2cncs2)CC12CN(C(=O)[C@H]1CC1(C)C)C2)c1nnco1. The highest BCUT2D eigenvalue weighted by molar-refractivity contribution is 7.11. The number of nitrogens with zero attached hydrogens (tertiary/aromatic N) is 5. The maximum atomic E-state index is 14.0. The molecule has 0 aromatic carbocycles. The summed E-state index contributed by atoms with van der Waals surface area (Å²) in [5.41, 5.74) is 1.16. The summed E-state index contributed by atoms with van der Waals surface area (Å²) in [6.07, 6.45) is 9.37. The summed E-state index contributed by atoms with van der Waals surface area (Å²) in [6.45, 7) is 8.38. The van der Waals surface area contributed by atoms with Crippen LogP contribution in [0.25, 0.3) is 0 Å². The van der Waals surface area contributed by atoms with Crippen molar-refractivity contribution in [2.75, 3.05) is 32.8 Å². The van der Waals surface area contributed by atoms with E-state index in [1.54, 1.807) is 16.6 Å². The highest BCUT2D eigenvalue weighted by atomic mass is 32.1. The summed E-state index contributed by atoms with van der Waals surface area (Å²) in [6, 6.07) is -0.623. The van der Waals surface area contributed by atoms with Gasteiger partial charge in [0.1, 0.15) is 10.9 Å². The van der Waals surface area contributed by atoms with Gasteiger partial charge in [0, 0.05) is 44.1 Å². The summed E-state index contributed by atoms with van der Waals surface area (Å²) in [5, 5.41) is 11.1. The Balaban J connectivity index is 1.17. The van der Waals surface area contributed by atoms with Crippen molar-refractivity contribution in [3.05, 3.63) is 28.9 Å². The van der Waals surface area contributed by atoms with Crippen LogP contribution >= 0.6 is 11.3 Å². The van der Waals surface area contributed by atoms with E-state index in [1.807, 2.05) is 11.8 Å². The Morgan fingerprint density at radius 3 is 2.51 bits per heavy atom. The number of likely N-dealkylation sites (tertiary alicyclic amines) is 2. The summed E-state index contributed by atoms with van der Waals surface area (Å²) >= 11 is 1.29. The number of hydrogen-bond donors (Lipinski definition) is 1. The lowest BCUT2D eigenvalue weighted by Gasteiger charge is -2.50. The number of ether oxygens (including phenoxy) is 1. The van der Waals surface area contributed by atoms with Crippen molar-refractivity contribution in [2.24, 2.45) is 28.6 Å². The first-order valence-electron chi connectivity index (χ1n) is 14.8. The maximum Gasteiger partial charge on any atom is 0.265 e. The van der Waals surface area contributed by atoms with Crippen LogP contribution < -0.4 is 5.32 Å². The zero-order chi connectivity index (χ0) is 28.8. The molecule has 0 unspecified atom stereocenters. The van der Waals surface area contributed by atoms with Gasteiger partial charge in [0.25, 0.3) is 5.91 Å². The van der Waals surface area contributed by atoms with E-state index in [0.29, 0.717) is 42.9 Å². The fourth-order valence-electron chi connectivity index (χ4n) is 6.95. The molecule has 2 aliphatic heterocycles. The average molecular weight is 585 g/mol. The second-order valence-electron chi connectivity index (χ2n) is 13.2. The van der Waals surface area contributed by atoms with Crippen molar-refractivity contribution in [3.63, 3.8) is 0 Å². The molecule has 2 aromatic rings. The normalized spacial score (nSPS) is 26.4. The Morgan fingerprint density at radius 1 is 1.15 bits per heavy atom. The number of rotatable bonds is 9. The van der Waals surface area contributed by atoms with Crippen molar-refractivity contribution in [1.29, 1.82) is 0 Å². The molecule has 1 spiro atoms. The molecule has 2 aliphatic carbocycles. The molecule has 3 amide bonds. The van der Waals surface area contributed by atoms with Crippen LogP contribution in [-0.4, -0.2) is 81.6 Å². The van der Waals surface area contributed by atoms with Crippen molar-refractivity contribution in [3.8, 4) is 0 Å². The summed E-state index contributed by atoms with van der Waals surface area (Å²) < 4.78 is 11.8. The number of amides is 3. The molecule has 6 rings (SSSR count). The standard InChI is InChI=1S/C29H40N6O5S/c1-18(39-12-19-7-5-4-6-8-19)23(25-33-31-16-40-25)32-24(36)21-11-34(27(38)22-10-30-17-41-22)13-29(21)14-35(15-29)26(37)20-9-28(20,2)3/h10,16-21,23H,4-9,11-15H2,1-3H3,(H,32,36)/t18-,20-,21+,23-/m1/s1.